The fourth-order valence-electron chi connectivity index (χ4n) is 3.81. The summed E-state index contributed by atoms with van der Waals surface area (Å²) >= 11 is 0. The zero-order chi connectivity index (χ0) is 19.7. The average molecular weight is 358 g/mol. The lowest BCUT2D eigenvalue weighted by Crippen LogP contribution is -2.04. The van der Waals surface area contributed by atoms with E-state index < -0.39 is 0 Å². The van der Waals surface area contributed by atoms with Crippen LogP contribution in [0.1, 0.15) is 39.2 Å². The molecule has 3 heteroatoms. The van der Waals surface area contributed by atoms with E-state index in [0.717, 1.165) is 17.0 Å². The van der Waals surface area contributed by atoms with Gasteiger partial charge in [-0.2, -0.15) is 5.26 Å². The van der Waals surface area contributed by atoms with Gasteiger partial charge in [-0.15, -0.1) is 0 Å². The third-order valence-electron chi connectivity index (χ3n) is 4.91. The molecule has 0 N–H and O–H groups in total. The fraction of sp³-hybridized carbons (Fsp3) is 0.208. The fourth-order valence-corrected chi connectivity index (χ4v) is 3.81. The summed E-state index contributed by atoms with van der Waals surface area (Å²) in [7, 11) is 0. The van der Waals surface area contributed by atoms with Gasteiger partial charge in [-0.25, -0.2) is 4.39 Å². The summed E-state index contributed by atoms with van der Waals surface area (Å²) in [5.41, 5.74) is 8.51. The molecule has 0 radical (unpaired) electrons. The third kappa shape index (κ3) is 3.44. The second kappa shape index (κ2) is 7.25. The van der Waals surface area contributed by atoms with Gasteiger partial charge in [0.15, 0.2) is 0 Å². The molecule has 136 valence electrons. The first kappa shape index (κ1) is 18.7. The first-order valence-corrected chi connectivity index (χ1v) is 8.97. The molecule has 0 fully saturated rings. The zero-order valence-electron chi connectivity index (χ0n) is 16.4. The second-order valence-electron chi connectivity index (χ2n) is 7.06. The molecule has 3 aromatic rings. The van der Waals surface area contributed by atoms with E-state index in [0.29, 0.717) is 11.1 Å². The number of halogens is 1. The molecule has 1 aromatic heterocycles. The minimum absolute atomic E-state index is 0.325. The minimum atomic E-state index is -0.385. The van der Waals surface area contributed by atoms with E-state index >= 15 is 0 Å². The summed E-state index contributed by atoms with van der Waals surface area (Å²) in [4.78, 5) is 0. The van der Waals surface area contributed by atoms with E-state index in [4.69, 9.17) is 0 Å². The Kier molecular flexibility index (Phi) is 5.01. The van der Waals surface area contributed by atoms with Gasteiger partial charge in [-0.3, -0.25) is 0 Å². The number of hydrogen-bond acceptors (Lipinski definition) is 1. The van der Waals surface area contributed by atoms with Gasteiger partial charge in [0.05, 0.1) is 17.3 Å². The van der Waals surface area contributed by atoms with Crippen molar-refractivity contribution in [3.8, 4) is 11.8 Å². The van der Waals surface area contributed by atoms with Gasteiger partial charge in [0.1, 0.15) is 5.82 Å². The van der Waals surface area contributed by atoms with Gasteiger partial charge in [0.25, 0.3) is 0 Å². The largest absolute Gasteiger partial charge is 0.317 e. The number of benzene rings is 2. The van der Waals surface area contributed by atoms with Gasteiger partial charge in [-0.1, -0.05) is 35.9 Å². The van der Waals surface area contributed by atoms with Crippen LogP contribution >= 0.6 is 0 Å². The molecule has 0 spiro atoms. The van der Waals surface area contributed by atoms with E-state index in [1.165, 1.54) is 28.4 Å². The van der Waals surface area contributed by atoms with Crippen LogP contribution in [0.4, 0.5) is 4.39 Å². The molecule has 0 bridgehead atoms. The van der Waals surface area contributed by atoms with E-state index in [-0.39, 0.29) is 5.82 Å². The molecule has 0 saturated heterocycles. The Morgan fingerprint density at radius 1 is 1.00 bits per heavy atom. The maximum Gasteiger partial charge on any atom is 0.131 e. The average Bonchev–Trinajstić information content (AvgIpc) is 2.87. The Hall–Kier alpha value is -3.12. The van der Waals surface area contributed by atoms with Gasteiger partial charge in [0, 0.05) is 17.0 Å². The molecule has 2 aromatic carbocycles. The van der Waals surface area contributed by atoms with Crippen molar-refractivity contribution in [1.29, 1.82) is 5.26 Å². The first-order valence-electron chi connectivity index (χ1n) is 8.97. The number of aryl methyl sites for hydroxylation is 4. The van der Waals surface area contributed by atoms with E-state index in [9.17, 15) is 9.65 Å². The van der Waals surface area contributed by atoms with Gasteiger partial charge in [-0.05, 0) is 69.5 Å². The van der Waals surface area contributed by atoms with Crippen molar-refractivity contribution in [1.82, 2.24) is 4.57 Å². The molecule has 0 atom stereocenters. The number of hydrogen-bond donors (Lipinski definition) is 0. The number of rotatable bonds is 3. The van der Waals surface area contributed by atoms with Gasteiger partial charge >= 0.3 is 0 Å². The molecule has 0 aliphatic rings. The van der Waals surface area contributed by atoms with Crippen molar-refractivity contribution in [2.45, 2.75) is 34.6 Å². The Bertz CT molecular complexity index is 1070. The van der Waals surface area contributed by atoms with Crippen molar-refractivity contribution in [2.24, 2.45) is 0 Å². The van der Waals surface area contributed by atoms with Crippen LogP contribution in [0, 0.1) is 51.8 Å². The number of nitriles is 1. The van der Waals surface area contributed by atoms with Gasteiger partial charge in [0.2, 0.25) is 0 Å². The van der Waals surface area contributed by atoms with Crippen LogP contribution in [-0.2, 0) is 0 Å². The molecule has 3 rings (SSSR count). The Morgan fingerprint density at radius 3 is 2.22 bits per heavy atom. The predicted octanol–water partition coefficient (Wildman–Crippen LogP) is 6.22. The smallest absolute Gasteiger partial charge is 0.131 e. The maximum atomic E-state index is 14.1. The number of allylic oxidation sites excluding steroid dienone is 1. The van der Waals surface area contributed by atoms with Crippen LogP contribution in [0.5, 0.6) is 0 Å². The third-order valence-corrected chi connectivity index (χ3v) is 4.91. The van der Waals surface area contributed by atoms with Crippen molar-refractivity contribution in [2.75, 3.05) is 0 Å². The normalized spacial score (nSPS) is 11.5. The van der Waals surface area contributed by atoms with Crippen molar-refractivity contribution < 1.29 is 4.39 Å². The van der Waals surface area contributed by atoms with Crippen LogP contribution < -0.4 is 0 Å². The van der Waals surface area contributed by atoms with Crippen LogP contribution in [0.15, 0.2) is 42.5 Å². The minimum Gasteiger partial charge on any atom is -0.317 e. The molecule has 0 amide bonds. The monoisotopic (exact) mass is 358 g/mol. The molecule has 0 aliphatic heterocycles. The molecule has 2 nitrogen and oxygen atoms in total. The Balaban J connectivity index is 2.18. The second-order valence-corrected chi connectivity index (χ2v) is 7.06. The summed E-state index contributed by atoms with van der Waals surface area (Å²) in [6.07, 6.45) is 1.77. The standard InChI is InChI=1S/C24H23FN2/c1-15-10-16(2)24(17(3)11-15)27-18(4)12-20(19(27)5)13-21(14-26)22-8-6-7-9-23(22)25/h6-13H,1-5H3/b21-13-. The first-order chi connectivity index (χ1) is 12.8. The predicted molar refractivity (Wildman–Crippen MR) is 109 cm³/mol. The lowest BCUT2D eigenvalue weighted by molar-refractivity contribution is 0.624. The highest BCUT2D eigenvalue weighted by atomic mass is 19.1. The SMILES string of the molecule is Cc1cc(C)c(-n2c(C)cc(/C=C(/C#N)c3ccccc3F)c2C)c(C)c1. The zero-order valence-corrected chi connectivity index (χ0v) is 16.4. The molecule has 0 aliphatic carbocycles. The quantitative estimate of drug-likeness (QED) is 0.511. The lowest BCUT2D eigenvalue weighted by Gasteiger charge is -2.17. The highest BCUT2D eigenvalue weighted by molar-refractivity contribution is 5.90. The summed E-state index contributed by atoms with van der Waals surface area (Å²) in [5.74, 6) is -0.385. The number of nitrogens with zero attached hydrogens (tertiary/aromatic N) is 2. The molecular formula is C24H23FN2. The molecule has 1 heterocycles. The number of aromatic nitrogens is 1. The van der Waals surface area contributed by atoms with Crippen LogP contribution in [0.2, 0.25) is 0 Å². The van der Waals surface area contributed by atoms with E-state index in [1.54, 1.807) is 24.3 Å². The Morgan fingerprint density at radius 2 is 1.63 bits per heavy atom. The highest BCUT2D eigenvalue weighted by Crippen LogP contribution is 2.29. The van der Waals surface area contributed by atoms with Crippen molar-refractivity contribution in [3.63, 3.8) is 0 Å². The molecule has 0 saturated carbocycles. The summed E-state index contributed by atoms with van der Waals surface area (Å²) in [6, 6.07) is 14.9. The molecular weight excluding hydrogens is 335 g/mol. The van der Waals surface area contributed by atoms with Crippen LogP contribution in [-0.4, -0.2) is 4.57 Å². The molecule has 0 unspecified atom stereocenters. The summed E-state index contributed by atoms with van der Waals surface area (Å²) in [6.45, 7) is 10.4. The van der Waals surface area contributed by atoms with E-state index in [2.05, 4.69) is 50.5 Å². The Labute approximate surface area is 160 Å². The molecule has 27 heavy (non-hydrogen) atoms. The van der Waals surface area contributed by atoms with Gasteiger partial charge < -0.3 is 4.57 Å². The lowest BCUT2D eigenvalue weighted by atomic mass is 10.0. The summed E-state index contributed by atoms with van der Waals surface area (Å²) in [5, 5.41) is 9.58. The summed E-state index contributed by atoms with van der Waals surface area (Å²) < 4.78 is 16.3. The van der Waals surface area contributed by atoms with Crippen LogP contribution in [0.25, 0.3) is 17.3 Å². The van der Waals surface area contributed by atoms with Crippen molar-refractivity contribution >= 4 is 11.6 Å². The highest BCUT2D eigenvalue weighted by Gasteiger charge is 2.15. The topological polar surface area (TPSA) is 28.7 Å². The maximum absolute atomic E-state index is 14.1. The van der Waals surface area contributed by atoms with Crippen molar-refractivity contribution in [3.05, 3.63) is 87.5 Å². The van der Waals surface area contributed by atoms with E-state index in [1.807, 2.05) is 13.0 Å². The van der Waals surface area contributed by atoms with Crippen LogP contribution in [0.3, 0.4) is 0 Å².